The summed E-state index contributed by atoms with van der Waals surface area (Å²) in [6, 6.07) is 4.27. The molecule has 96 valence electrons. The summed E-state index contributed by atoms with van der Waals surface area (Å²) in [4.78, 5) is 0. The lowest BCUT2D eigenvalue weighted by atomic mass is 9.85. The molecule has 0 aromatic heterocycles. The summed E-state index contributed by atoms with van der Waals surface area (Å²) < 4.78 is 16.8. The number of ether oxygens (including phenoxy) is 1. The van der Waals surface area contributed by atoms with Gasteiger partial charge in [0.2, 0.25) is 0 Å². The van der Waals surface area contributed by atoms with Gasteiger partial charge in [-0.2, -0.15) is 0 Å². The number of aryl methyl sites for hydroxylation is 1. The van der Waals surface area contributed by atoms with Gasteiger partial charge in [0.05, 0.1) is 12.9 Å². The van der Waals surface area contributed by atoms with E-state index >= 15 is 0 Å². The van der Waals surface area contributed by atoms with E-state index in [2.05, 4.69) is 32.9 Å². The molecule has 1 rings (SSSR count). The molecule has 0 bridgehead atoms. The van der Waals surface area contributed by atoms with Gasteiger partial charge in [0.1, 0.15) is 5.75 Å². The number of methoxy groups -OCH3 is 1. The number of benzene rings is 1. The maximum absolute atomic E-state index is 11.4. The van der Waals surface area contributed by atoms with Crippen molar-refractivity contribution in [3.05, 3.63) is 28.8 Å². The van der Waals surface area contributed by atoms with Crippen LogP contribution in [0.1, 0.15) is 37.5 Å². The molecule has 1 aromatic carbocycles. The van der Waals surface area contributed by atoms with Gasteiger partial charge in [-0.1, -0.05) is 32.9 Å². The predicted octanol–water partition coefficient (Wildman–Crippen LogP) is 3.18. The van der Waals surface area contributed by atoms with Crippen LogP contribution < -0.4 is 4.74 Å². The van der Waals surface area contributed by atoms with Crippen LogP contribution in [0.5, 0.6) is 5.75 Å². The van der Waals surface area contributed by atoms with Crippen molar-refractivity contribution >= 4 is 10.8 Å². The predicted molar refractivity (Wildman–Crippen MR) is 74.2 cm³/mol. The van der Waals surface area contributed by atoms with Gasteiger partial charge in [-0.3, -0.25) is 4.21 Å². The minimum Gasteiger partial charge on any atom is -0.496 e. The fourth-order valence-corrected chi connectivity index (χ4v) is 2.55. The minimum atomic E-state index is -0.852. The summed E-state index contributed by atoms with van der Waals surface area (Å²) in [5.74, 6) is 1.42. The Labute approximate surface area is 107 Å². The highest BCUT2D eigenvalue weighted by atomic mass is 32.2. The average molecular weight is 254 g/mol. The quantitative estimate of drug-likeness (QED) is 0.828. The fraction of sp³-hybridized carbons (Fsp3) is 0.571. The lowest BCUT2D eigenvalue weighted by Gasteiger charge is -2.22. The first-order valence-electron chi connectivity index (χ1n) is 5.73. The second-order valence-corrected chi connectivity index (χ2v) is 6.89. The summed E-state index contributed by atoms with van der Waals surface area (Å²) in [6.45, 7) is 8.58. The molecule has 2 nitrogen and oxygen atoms in total. The molecule has 0 spiro atoms. The third-order valence-electron chi connectivity index (χ3n) is 2.78. The molecule has 1 atom stereocenters. The van der Waals surface area contributed by atoms with E-state index < -0.39 is 10.8 Å². The Morgan fingerprint density at radius 2 is 1.88 bits per heavy atom. The zero-order valence-electron chi connectivity index (χ0n) is 11.6. The van der Waals surface area contributed by atoms with Crippen molar-refractivity contribution in [2.24, 2.45) is 0 Å². The molecule has 0 fully saturated rings. The maximum atomic E-state index is 11.4. The highest BCUT2D eigenvalue weighted by Crippen LogP contribution is 2.31. The van der Waals surface area contributed by atoms with Gasteiger partial charge < -0.3 is 4.74 Å². The fourth-order valence-electron chi connectivity index (χ4n) is 1.90. The van der Waals surface area contributed by atoms with E-state index in [0.29, 0.717) is 5.75 Å². The number of hydrogen-bond acceptors (Lipinski definition) is 2. The Morgan fingerprint density at radius 3 is 2.29 bits per heavy atom. The second kappa shape index (κ2) is 5.21. The van der Waals surface area contributed by atoms with Crippen LogP contribution in [-0.2, 0) is 22.0 Å². The van der Waals surface area contributed by atoms with E-state index in [1.54, 1.807) is 13.4 Å². The summed E-state index contributed by atoms with van der Waals surface area (Å²) in [6.07, 6.45) is 1.72. The Kier molecular flexibility index (Phi) is 4.36. The molecule has 0 heterocycles. The van der Waals surface area contributed by atoms with E-state index in [1.807, 2.05) is 6.92 Å². The third kappa shape index (κ3) is 3.56. The van der Waals surface area contributed by atoms with Crippen LogP contribution in [0.2, 0.25) is 0 Å². The highest BCUT2D eigenvalue weighted by Gasteiger charge is 2.18. The topological polar surface area (TPSA) is 26.3 Å². The van der Waals surface area contributed by atoms with Crippen molar-refractivity contribution in [2.45, 2.75) is 38.9 Å². The molecule has 0 saturated heterocycles. The monoisotopic (exact) mass is 254 g/mol. The van der Waals surface area contributed by atoms with E-state index in [-0.39, 0.29) is 5.41 Å². The van der Waals surface area contributed by atoms with E-state index in [1.165, 1.54) is 5.56 Å². The molecule has 0 saturated carbocycles. The summed E-state index contributed by atoms with van der Waals surface area (Å²) in [5, 5.41) is 0. The Morgan fingerprint density at radius 1 is 1.29 bits per heavy atom. The van der Waals surface area contributed by atoms with Crippen molar-refractivity contribution in [3.63, 3.8) is 0 Å². The molecule has 17 heavy (non-hydrogen) atoms. The molecular formula is C14H22O2S. The number of rotatable bonds is 3. The highest BCUT2D eigenvalue weighted by molar-refractivity contribution is 7.83. The van der Waals surface area contributed by atoms with Crippen LogP contribution in [0, 0.1) is 6.92 Å². The SMILES string of the molecule is COc1c(C)cc(C(C)(C)C)cc1CS(C)=O. The van der Waals surface area contributed by atoms with E-state index in [4.69, 9.17) is 4.74 Å². The first-order valence-corrected chi connectivity index (χ1v) is 7.46. The molecule has 0 amide bonds. The van der Waals surface area contributed by atoms with Gasteiger partial charge in [-0.15, -0.1) is 0 Å². The summed E-state index contributed by atoms with van der Waals surface area (Å²) >= 11 is 0. The molecule has 3 heteroatoms. The largest absolute Gasteiger partial charge is 0.496 e. The van der Waals surface area contributed by atoms with Crippen LogP contribution in [-0.4, -0.2) is 17.6 Å². The van der Waals surface area contributed by atoms with Gasteiger partial charge in [-0.05, 0) is 23.5 Å². The molecular weight excluding hydrogens is 232 g/mol. The molecule has 0 aliphatic heterocycles. The molecule has 0 aliphatic carbocycles. The lowest BCUT2D eigenvalue weighted by Crippen LogP contribution is -2.13. The normalized spacial score (nSPS) is 13.5. The molecule has 1 unspecified atom stereocenters. The number of hydrogen-bond donors (Lipinski definition) is 0. The van der Waals surface area contributed by atoms with E-state index in [0.717, 1.165) is 16.9 Å². The molecule has 0 N–H and O–H groups in total. The van der Waals surface area contributed by atoms with Crippen molar-refractivity contribution < 1.29 is 8.95 Å². The van der Waals surface area contributed by atoms with Crippen LogP contribution in [0.25, 0.3) is 0 Å². The van der Waals surface area contributed by atoms with Gasteiger partial charge in [0.15, 0.2) is 0 Å². The molecule has 0 aliphatic rings. The summed E-state index contributed by atoms with van der Waals surface area (Å²) in [5.41, 5.74) is 3.51. The average Bonchev–Trinajstić information content (AvgIpc) is 2.14. The smallest absolute Gasteiger partial charge is 0.125 e. The van der Waals surface area contributed by atoms with Crippen molar-refractivity contribution in [1.29, 1.82) is 0 Å². The summed E-state index contributed by atoms with van der Waals surface area (Å²) in [7, 11) is 0.816. The zero-order valence-corrected chi connectivity index (χ0v) is 12.4. The maximum Gasteiger partial charge on any atom is 0.125 e. The van der Waals surface area contributed by atoms with Crippen LogP contribution in [0.3, 0.4) is 0 Å². The molecule has 0 radical (unpaired) electrons. The van der Waals surface area contributed by atoms with Gasteiger partial charge in [-0.25, -0.2) is 0 Å². The lowest BCUT2D eigenvalue weighted by molar-refractivity contribution is 0.407. The first kappa shape index (κ1) is 14.2. The zero-order chi connectivity index (χ0) is 13.2. The minimum absolute atomic E-state index is 0.0982. The van der Waals surface area contributed by atoms with Crippen molar-refractivity contribution in [1.82, 2.24) is 0 Å². The van der Waals surface area contributed by atoms with Crippen LogP contribution >= 0.6 is 0 Å². The Bertz CT molecular complexity index is 431. The Balaban J connectivity index is 3.33. The first-order chi connectivity index (χ1) is 7.75. The van der Waals surface area contributed by atoms with Crippen LogP contribution in [0.15, 0.2) is 12.1 Å². The van der Waals surface area contributed by atoms with Crippen LogP contribution in [0.4, 0.5) is 0 Å². The van der Waals surface area contributed by atoms with Gasteiger partial charge in [0.25, 0.3) is 0 Å². The Hall–Kier alpha value is -0.830. The third-order valence-corrected chi connectivity index (χ3v) is 3.50. The standard InChI is InChI=1S/C14H22O2S/c1-10-7-12(14(2,3)4)8-11(9-17(6)15)13(10)16-5/h7-8H,9H2,1-6H3. The molecule has 1 aromatic rings. The van der Waals surface area contributed by atoms with E-state index in [9.17, 15) is 4.21 Å². The van der Waals surface area contributed by atoms with Gasteiger partial charge >= 0.3 is 0 Å². The second-order valence-electron chi connectivity index (χ2n) is 5.45. The van der Waals surface area contributed by atoms with Crippen molar-refractivity contribution in [3.8, 4) is 5.75 Å². The van der Waals surface area contributed by atoms with Gasteiger partial charge in [0, 0.05) is 22.6 Å². The van der Waals surface area contributed by atoms with Crippen molar-refractivity contribution in [2.75, 3.05) is 13.4 Å².